The minimum Gasteiger partial charge on any atom is -0.390 e. The highest BCUT2D eigenvalue weighted by Crippen LogP contribution is 2.31. The van der Waals surface area contributed by atoms with Crippen LogP contribution in [-0.2, 0) is 17.6 Å². The van der Waals surface area contributed by atoms with E-state index in [-0.39, 0.29) is 24.4 Å². The van der Waals surface area contributed by atoms with Gasteiger partial charge in [0, 0.05) is 6.42 Å². The van der Waals surface area contributed by atoms with Gasteiger partial charge in [0.1, 0.15) is 0 Å². The monoisotopic (exact) mass is 332 g/mol. The molecule has 0 radical (unpaired) electrons. The fourth-order valence-corrected chi connectivity index (χ4v) is 2.97. The number of hydrogen-bond donors (Lipinski definition) is 3. The van der Waals surface area contributed by atoms with Crippen LogP contribution in [0.5, 0.6) is 0 Å². The summed E-state index contributed by atoms with van der Waals surface area (Å²) in [6.07, 6.45) is 0.455. The zero-order valence-electron chi connectivity index (χ0n) is 12.7. The molecule has 122 valence electrons. The second kappa shape index (κ2) is 7.59. The van der Waals surface area contributed by atoms with Crippen molar-refractivity contribution in [3.63, 3.8) is 0 Å². The Balaban J connectivity index is 0.00000192. The number of aliphatic hydroxyl groups excluding tert-OH is 1. The molecule has 1 unspecified atom stereocenters. The number of nitrogens with two attached hydrogens (primary N) is 1. The maximum absolute atomic E-state index is 12.3. The maximum atomic E-state index is 12.3. The van der Waals surface area contributed by atoms with E-state index < -0.39 is 12.1 Å². The van der Waals surface area contributed by atoms with Gasteiger partial charge in [-0.3, -0.25) is 4.79 Å². The molecule has 2 aromatic rings. The van der Waals surface area contributed by atoms with E-state index in [1.165, 1.54) is 0 Å². The van der Waals surface area contributed by atoms with Gasteiger partial charge in [-0.1, -0.05) is 54.6 Å². The molecule has 3 atom stereocenters. The summed E-state index contributed by atoms with van der Waals surface area (Å²) in [6, 6.07) is 16.5. The number of carbonyl (C=O) groups is 1. The van der Waals surface area contributed by atoms with Crippen LogP contribution in [0.4, 0.5) is 0 Å². The first-order valence-electron chi connectivity index (χ1n) is 7.51. The summed E-state index contributed by atoms with van der Waals surface area (Å²) in [5, 5.41) is 13.1. The smallest absolute Gasteiger partial charge is 0.237 e. The number of benzene rings is 2. The molecule has 1 aliphatic carbocycles. The van der Waals surface area contributed by atoms with Crippen molar-refractivity contribution in [2.45, 2.75) is 31.0 Å². The molecule has 0 fully saturated rings. The van der Waals surface area contributed by atoms with Crippen molar-refractivity contribution in [2.75, 3.05) is 0 Å². The summed E-state index contributed by atoms with van der Waals surface area (Å²) >= 11 is 0. The van der Waals surface area contributed by atoms with Gasteiger partial charge in [-0.05, 0) is 23.1 Å². The molecule has 0 saturated heterocycles. The molecule has 4 N–H and O–H groups in total. The summed E-state index contributed by atoms with van der Waals surface area (Å²) in [4.78, 5) is 12.3. The SMILES string of the molecule is Cl.NC(Cc1ccccc1)C(=O)N[C@@H]1c2ccccc2C[C@@H]1O. The number of rotatable bonds is 4. The first kappa shape index (κ1) is 17.5. The Kier molecular flexibility index (Phi) is 5.77. The Morgan fingerprint density at radius 2 is 1.83 bits per heavy atom. The van der Waals surface area contributed by atoms with E-state index in [2.05, 4.69) is 5.32 Å². The van der Waals surface area contributed by atoms with Crippen molar-refractivity contribution >= 4 is 18.3 Å². The van der Waals surface area contributed by atoms with Crippen LogP contribution in [0, 0.1) is 0 Å². The summed E-state index contributed by atoms with van der Waals surface area (Å²) in [7, 11) is 0. The van der Waals surface area contributed by atoms with Gasteiger partial charge in [0.05, 0.1) is 18.2 Å². The second-order valence-corrected chi connectivity index (χ2v) is 5.75. The topological polar surface area (TPSA) is 75.4 Å². The van der Waals surface area contributed by atoms with E-state index in [9.17, 15) is 9.90 Å². The molecule has 1 aliphatic rings. The van der Waals surface area contributed by atoms with E-state index in [0.29, 0.717) is 12.8 Å². The molecular formula is C18H21ClN2O2. The van der Waals surface area contributed by atoms with Crippen molar-refractivity contribution in [3.05, 3.63) is 71.3 Å². The molecule has 0 aliphatic heterocycles. The van der Waals surface area contributed by atoms with E-state index in [1.807, 2.05) is 54.6 Å². The average molecular weight is 333 g/mol. The molecule has 0 spiro atoms. The predicted molar refractivity (Wildman–Crippen MR) is 92.4 cm³/mol. The van der Waals surface area contributed by atoms with Gasteiger partial charge < -0.3 is 16.2 Å². The van der Waals surface area contributed by atoms with E-state index in [4.69, 9.17) is 5.73 Å². The number of fused-ring (bicyclic) bond motifs is 1. The number of nitrogens with one attached hydrogen (secondary N) is 1. The lowest BCUT2D eigenvalue weighted by Crippen LogP contribution is -2.45. The van der Waals surface area contributed by atoms with Gasteiger partial charge in [-0.15, -0.1) is 12.4 Å². The van der Waals surface area contributed by atoms with Crippen LogP contribution in [0.2, 0.25) is 0 Å². The van der Waals surface area contributed by atoms with Gasteiger partial charge in [0.25, 0.3) is 0 Å². The van der Waals surface area contributed by atoms with Crippen LogP contribution in [0.15, 0.2) is 54.6 Å². The molecule has 0 bridgehead atoms. The Labute approximate surface area is 142 Å². The predicted octanol–water partition coefficient (Wildman–Crippen LogP) is 1.75. The van der Waals surface area contributed by atoms with Gasteiger partial charge in [0.15, 0.2) is 0 Å². The third-order valence-corrected chi connectivity index (χ3v) is 4.14. The Hall–Kier alpha value is -1.88. The molecule has 0 aromatic heterocycles. The van der Waals surface area contributed by atoms with Gasteiger partial charge >= 0.3 is 0 Å². The Bertz CT molecular complexity index is 663. The van der Waals surface area contributed by atoms with Crippen molar-refractivity contribution in [1.82, 2.24) is 5.32 Å². The second-order valence-electron chi connectivity index (χ2n) is 5.75. The molecule has 23 heavy (non-hydrogen) atoms. The molecule has 2 aromatic carbocycles. The first-order chi connectivity index (χ1) is 10.6. The molecule has 3 rings (SSSR count). The van der Waals surface area contributed by atoms with Crippen LogP contribution in [-0.4, -0.2) is 23.2 Å². The lowest BCUT2D eigenvalue weighted by Gasteiger charge is -2.20. The third-order valence-electron chi connectivity index (χ3n) is 4.14. The largest absolute Gasteiger partial charge is 0.390 e. The van der Waals surface area contributed by atoms with Crippen molar-refractivity contribution < 1.29 is 9.90 Å². The summed E-state index contributed by atoms with van der Waals surface area (Å²) in [6.45, 7) is 0. The van der Waals surface area contributed by atoms with Crippen LogP contribution < -0.4 is 11.1 Å². The number of hydrogen-bond acceptors (Lipinski definition) is 3. The average Bonchev–Trinajstić information content (AvgIpc) is 2.84. The minimum absolute atomic E-state index is 0. The molecule has 0 saturated carbocycles. The van der Waals surface area contributed by atoms with Gasteiger partial charge in [-0.2, -0.15) is 0 Å². The lowest BCUT2D eigenvalue weighted by molar-refractivity contribution is -0.123. The minimum atomic E-state index is -0.623. The molecule has 4 nitrogen and oxygen atoms in total. The maximum Gasteiger partial charge on any atom is 0.237 e. The number of halogens is 1. The van der Waals surface area contributed by atoms with E-state index >= 15 is 0 Å². The van der Waals surface area contributed by atoms with Crippen molar-refractivity contribution in [2.24, 2.45) is 5.73 Å². The summed E-state index contributed by atoms with van der Waals surface area (Å²) in [5.41, 5.74) is 9.09. The summed E-state index contributed by atoms with van der Waals surface area (Å²) in [5.74, 6) is -0.232. The zero-order chi connectivity index (χ0) is 15.5. The van der Waals surface area contributed by atoms with Crippen molar-refractivity contribution in [1.29, 1.82) is 0 Å². The highest BCUT2D eigenvalue weighted by molar-refractivity contribution is 5.85. The normalized spacial score (nSPS) is 20.3. The van der Waals surface area contributed by atoms with Crippen molar-refractivity contribution in [3.8, 4) is 0 Å². The lowest BCUT2D eigenvalue weighted by atomic mass is 10.0. The highest BCUT2D eigenvalue weighted by atomic mass is 35.5. The molecule has 0 heterocycles. The van der Waals surface area contributed by atoms with Crippen LogP contribution in [0.25, 0.3) is 0 Å². The molecular weight excluding hydrogens is 312 g/mol. The molecule has 1 amide bonds. The fourth-order valence-electron chi connectivity index (χ4n) is 2.97. The van der Waals surface area contributed by atoms with Crippen LogP contribution in [0.3, 0.4) is 0 Å². The van der Waals surface area contributed by atoms with E-state index in [0.717, 1.165) is 16.7 Å². The number of carbonyl (C=O) groups excluding carboxylic acids is 1. The van der Waals surface area contributed by atoms with E-state index in [1.54, 1.807) is 0 Å². The van der Waals surface area contributed by atoms with Gasteiger partial charge in [0.2, 0.25) is 5.91 Å². The molecule has 5 heteroatoms. The van der Waals surface area contributed by atoms with Crippen LogP contribution >= 0.6 is 12.4 Å². The summed E-state index contributed by atoms with van der Waals surface area (Å²) < 4.78 is 0. The highest BCUT2D eigenvalue weighted by Gasteiger charge is 2.32. The number of amides is 1. The number of aliphatic hydroxyl groups is 1. The Morgan fingerprint density at radius 3 is 2.57 bits per heavy atom. The first-order valence-corrected chi connectivity index (χ1v) is 7.51. The van der Waals surface area contributed by atoms with Crippen LogP contribution in [0.1, 0.15) is 22.7 Å². The van der Waals surface area contributed by atoms with Gasteiger partial charge in [-0.25, -0.2) is 0 Å². The fraction of sp³-hybridized carbons (Fsp3) is 0.278. The Morgan fingerprint density at radius 1 is 1.17 bits per heavy atom. The standard InChI is InChI=1S/C18H20N2O2.ClH/c19-15(10-12-6-2-1-3-7-12)18(22)20-17-14-9-5-4-8-13(14)11-16(17)21;/h1-9,15-17,21H,10-11,19H2,(H,20,22);1H/t15?,16-,17+;/m0./s1. The third kappa shape index (κ3) is 3.91. The zero-order valence-corrected chi connectivity index (χ0v) is 13.5. The quantitative estimate of drug-likeness (QED) is 0.798.